The van der Waals surface area contributed by atoms with Gasteiger partial charge in [-0.2, -0.15) is 0 Å². The number of nitrogens with zero attached hydrogens (tertiary/aromatic N) is 1. The summed E-state index contributed by atoms with van der Waals surface area (Å²) in [6.07, 6.45) is 9.85. The molecule has 0 aliphatic heterocycles. The van der Waals surface area contributed by atoms with Crippen LogP contribution in [0.1, 0.15) is 55.2 Å². The number of hydrogen-bond donors (Lipinski definition) is 4. The Labute approximate surface area is 158 Å². The molecule has 0 unspecified atom stereocenters. The first-order chi connectivity index (χ1) is 12.6. The molecule has 1 saturated carbocycles. The van der Waals surface area contributed by atoms with Crippen molar-refractivity contribution in [1.82, 2.24) is 15.3 Å². The fraction of sp³-hybridized carbons (Fsp3) is 0.579. The SMILES string of the molecule is N[C@@H](Cc1cnc[nH]1)C(=O)N[C@@H](CC1CCCCC1)[C@@H](O)c1cccs1. The minimum Gasteiger partial charge on any atom is -0.385 e. The zero-order valence-electron chi connectivity index (χ0n) is 14.9. The maximum Gasteiger partial charge on any atom is 0.237 e. The number of aliphatic hydroxyl groups is 1. The van der Waals surface area contributed by atoms with Crippen molar-refractivity contribution in [2.45, 2.75) is 63.1 Å². The number of H-pyrrole nitrogens is 1. The highest BCUT2D eigenvalue weighted by Crippen LogP contribution is 2.32. The number of carbonyl (C=O) groups excluding carboxylic acids is 1. The van der Waals surface area contributed by atoms with Crippen LogP contribution in [0, 0.1) is 5.92 Å². The fourth-order valence-corrected chi connectivity index (χ4v) is 4.50. The highest BCUT2D eigenvalue weighted by Gasteiger charge is 2.29. The summed E-state index contributed by atoms with van der Waals surface area (Å²) in [5.41, 5.74) is 6.90. The lowest BCUT2D eigenvalue weighted by Gasteiger charge is -2.30. The quantitative estimate of drug-likeness (QED) is 0.568. The third-order valence-corrected chi connectivity index (χ3v) is 6.13. The van der Waals surface area contributed by atoms with Gasteiger partial charge in [0.05, 0.1) is 18.4 Å². The highest BCUT2D eigenvalue weighted by atomic mass is 32.1. The zero-order chi connectivity index (χ0) is 18.4. The van der Waals surface area contributed by atoms with E-state index in [0.29, 0.717) is 12.3 Å². The summed E-state index contributed by atoms with van der Waals surface area (Å²) in [6.45, 7) is 0. The molecule has 0 radical (unpaired) electrons. The van der Waals surface area contributed by atoms with E-state index >= 15 is 0 Å². The number of thiophene rings is 1. The molecule has 26 heavy (non-hydrogen) atoms. The van der Waals surface area contributed by atoms with Gasteiger partial charge < -0.3 is 21.1 Å². The summed E-state index contributed by atoms with van der Waals surface area (Å²) in [4.78, 5) is 20.4. The van der Waals surface area contributed by atoms with E-state index in [9.17, 15) is 9.90 Å². The van der Waals surface area contributed by atoms with E-state index in [1.807, 2.05) is 17.5 Å². The van der Waals surface area contributed by atoms with Crippen molar-refractivity contribution in [3.8, 4) is 0 Å². The van der Waals surface area contributed by atoms with E-state index in [2.05, 4.69) is 15.3 Å². The van der Waals surface area contributed by atoms with Crippen molar-refractivity contribution in [2.75, 3.05) is 0 Å². The van der Waals surface area contributed by atoms with Gasteiger partial charge in [0.25, 0.3) is 0 Å². The molecular formula is C19H28N4O2S. The molecule has 6 nitrogen and oxygen atoms in total. The minimum atomic E-state index is -0.694. The van der Waals surface area contributed by atoms with Crippen molar-refractivity contribution in [2.24, 2.45) is 11.7 Å². The Kier molecular flexibility index (Phi) is 6.82. The van der Waals surface area contributed by atoms with Gasteiger partial charge in [-0.25, -0.2) is 4.98 Å². The Morgan fingerprint density at radius 1 is 1.42 bits per heavy atom. The molecule has 1 amide bonds. The van der Waals surface area contributed by atoms with Crippen LogP contribution in [0.3, 0.4) is 0 Å². The molecule has 3 rings (SSSR count). The number of aromatic nitrogens is 2. The molecule has 2 aromatic rings. The van der Waals surface area contributed by atoms with Gasteiger partial charge in [0.2, 0.25) is 5.91 Å². The third-order valence-electron chi connectivity index (χ3n) is 5.19. The van der Waals surface area contributed by atoms with Gasteiger partial charge in [0, 0.05) is 23.2 Å². The lowest BCUT2D eigenvalue weighted by atomic mass is 9.83. The number of aliphatic hydroxyl groups excluding tert-OH is 1. The monoisotopic (exact) mass is 376 g/mol. The van der Waals surface area contributed by atoms with Crippen molar-refractivity contribution >= 4 is 17.2 Å². The van der Waals surface area contributed by atoms with E-state index in [1.165, 1.54) is 43.4 Å². The number of imidazole rings is 1. The molecule has 0 saturated heterocycles. The van der Waals surface area contributed by atoms with E-state index in [4.69, 9.17) is 5.73 Å². The lowest BCUT2D eigenvalue weighted by Crippen LogP contribution is -2.49. The normalized spacial score (nSPS) is 19.0. The van der Waals surface area contributed by atoms with Gasteiger partial charge in [-0.1, -0.05) is 38.2 Å². The largest absolute Gasteiger partial charge is 0.385 e. The van der Waals surface area contributed by atoms with E-state index < -0.39 is 12.1 Å². The molecule has 0 aromatic carbocycles. The van der Waals surface area contributed by atoms with Crippen LogP contribution in [-0.4, -0.2) is 33.1 Å². The van der Waals surface area contributed by atoms with Crippen LogP contribution in [0.5, 0.6) is 0 Å². The number of aromatic amines is 1. The second-order valence-corrected chi connectivity index (χ2v) is 8.18. The summed E-state index contributed by atoms with van der Waals surface area (Å²) < 4.78 is 0. The molecule has 142 valence electrons. The average Bonchev–Trinajstić information content (AvgIpc) is 3.35. The average molecular weight is 377 g/mol. The fourth-order valence-electron chi connectivity index (χ4n) is 3.72. The molecular weight excluding hydrogens is 348 g/mol. The van der Waals surface area contributed by atoms with Gasteiger partial charge in [0.1, 0.15) is 6.10 Å². The summed E-state index contributed by atoms with van der Waals surface area (Å²) in [5, 5.41) is 15.8. The van der Waals surface area contributed by atoms with Crippen LogP contribution in [0.15, 0.2) is 30.0 Å². The van der Waals surface area contributed by atoms with Crippen molar-refractivity contribution in [1.29, 1.82) is 0 Å². The highest BCUT2D eigenvalue weighted by molar-refractivity contribution is 7.10. The Bertz CT molecular complexity index is 653. The minimum absolute atomic E-state index is 0.226. The molecule has 1 aliphatic rings. The number of amides is 1. The van der Waals surface area contributed by atoms with Crippen molar-refractivity contribution < 1.29 is 9.90 Å². The first-order valence-corrected chi connectivity index (χ1v) is 10.3. The number of nitrogens with two attached hydrogens (primary N) is 1. The number of rotatable bonds is 8. The lowest BCUT2D eigenvalue weighted by molar-refractivity contribution is -0.124. The van der Waals surface area contributed by atoms with Gasteiger partial charge in [-0.15, -0.1) is 11.3 Å². The maximum atomic E-state index is 12.6. The summed E-state index contributed by atoms with van der Waals surface area (Å²) in [7, 11) is 0. The van der Waals surface area contributed by atoms with Crippen LogP contribution in [-0.2, 0) is 11.2 Å². The van der Waals surface area contributed by atoms with Gasteiger partial charge in [-0.3, -0.25) is 4.79 Å². The molecule has 7 heteroatoms. The van der Waals surface area contributed by atoms with E-state index in [0.717, 1.165) is 17.0 Å². The van der Waals surface area contributed by atoms with Crippen LogP contribution in [0.4, 0.5) is 0 Å². The van der Waals surface area contributed by atoms with E-state index in [1.54, 1.807) is 12.5 Å². The predicted octanol–water partition coefficient (Wildman–Crippen LogP) is 2.53. The predicted molar refractivity (Wildman–Crippen MR) is 103 cm³/mol. The van der Waals surface area contributed by atoms with Crippen LogP contribution >= 0.6 is 11.3 Å². The Morgan fingerprint density at radius 3 is 2.88 bits per heavy atom. The van der Waals surface area contributed by atoms with Crippen LogP contribution < -0.4 is 11.1 Å². The van der Waals surface area contributed by atoms with Crippen LogP contribution in [0.2, 0.25) is 0 Å². The molecule has 5 N–H and O–H groups in total. The van der Waals surface area contributed by atoms with E-state index in [-0.39, 0.29) is 11.9 Å². The molecule has 0 bridgehead atoms. The Morgan fingerprint density at radius 2 is 2.23 bits per heavy atom. The standard InChI is InChI=1S/C19H28N4O2S/c20-15(10-14-11-21-12-22-14)19(25)23-16(9-13-5-2-1-3-6-13)18(24)17-7-4-8-26-17/h4,7-8,11-13,15-16,18,24H,1-3,5-6,9-10,20H2,(H,21,22)(H,23,25)/t15-,16-,18+/m0/s1. The first kappa shape index (κ1) is 19.1. The third kappa shape index (κ3) is 5.16. The van der Waals surface area contributed by atoms with Crippen LogP contribution in [0.25, 0.3) is 0 Å². The van der Waals surface area contributed by atoms with Gasteiger partial charge >= 0.3 is 0 Å². The van der Waals surface area contributed by atoms with Gasteiger partial charge in [0.15, 0.2) is 0 Å². The van der Waals surface area contributed by atoms with Crippen molar-refractivity contribution in [3.05, 3.63) is 40.6 Å². The number of carbonyl (C=O) groups is 1. The summed E-state index contributed by atoms with van der Waals surface area (Å²) in [5.74, 6) is 0.323. The summed E-state index contributed by atoms with van der Waals surface area (Å²) >= 11 is 1.51. The molecule has 0 spiro atoms. The molecule has 3 atom stereocenters. The summed E-state index contributed by atoms with van der Waals surface area (Å²) in [6, 6.07) is 2.86. The number of hydrogen-bond acceptors (Lipinski definition) is 5. The molecule has 2 heterocycles. The molecule has 1 aliphatic carbocycles. The number of nitrogens with one attached hydrogen (secondary N) is 2. The first-order valence-electron chi connectivity index (χ1n) is 9.38. The maximum absolute atomic E-state index is 12.6. The van der Waals surface area contributed by atoms with Gasteiger partial charge in [-0.05, 0) is 23.8 Å². The Hall–Kier alpha value is -1.70. The smallest absolute Gasteiger partial charge is 0.237 e. The topological polar surface area (TPSA) is 104 Å². The zero-order valence-corrected chi connectivity index (χ0v) is 15.8. The second-order valence-electron chi connectivity index (χ2n) is 7.20. The molecule has 1 fully saturated rings. The van der Waals surface area contributed by atoms with Crippen molar-refractivity contribution in [3.63, 3.8) is 0 Å². The Balaban J connectivity index is 1.64. The molecule has 2 aromatic heterocycles. The second kappa shape index (κ2) is 9.30.